The first kappa shape index (κ1) is 26.1. The summed E-state index contributed by atoms with van der Waals surface area (Å²) in [5.74, 6) is 0.872. The number of sulfonamides is 1. The number of halogens is 1. The van der Waals surface area contributed by atoms with Crippen LogP contribution in [-0.2, 0) is 16.6 Å². The third kappa shape index (κ3) is 7.95. The number of hydrogen-bond donors (Lipinski definition) is 1. The maximum absolute atomic E-state index is 12.5. The molecule has 0 aliphatic heterocycles. The Bertz CT molecular complexity index is 675. The average molecular weight is 510 g/mol. The molecule has 0 radical (unpaired) electrons. The first-order valence-electron chi connectivity index (χ1n) is 9.30. The van der Waals surface area contributed by atoms with Crippen molar-refractivity contribution in [2.75, 3.05) is 27.2 Å². The molecule has 8 heteroatoms. The molecule has 0 aliphatic carbocycles. The largest absolute Gasteiger partial charge is 0.357 e. The van der Waals surface area contributed by atoms with Gasteiger partial charge in [0.1, 0.15) is 0 Å². The number of hydrogen-bond acceptors (Lipinski definition) is 3. The third-order valence-corrected chi connectivity index (χ3v) is 6.33. The van der Waals surface area contributed by atoms with Crippen LogP contribution in [0.1, 0.15) is 46.1 Å². The summed E-state index contributed by atoms with van der Waals surface area (Å²) in [6.45, 7) is 10.2. The number of guanidine groups is 1. The summed E-state index contributed by atoms with van der Waals surface area (Å²) in [5.41, 5.74) is 0.982. The van der Waals surface area contributed by atoms with Gasteiger partial charge in [-0.15, -0.1) is 24.0 Å². The lowest BCUT2D eigenvalue weighted by Crippen LogP contribution is -2.39. The van der Waals surface area contributed by atoms with E-state index in [4.69, 9.17) is 0 Å². The molecule has 0 saturated heterocycles. The van der Waals surface area contributed by atoms with Gasteiger partial charge in [-0.25, -0.2) is 13.4 Å². The van der Waals surface area contributed by atoms with Crippen molar-refractivity contribution < 1.29 is 8.42 Å². The van der Waals surface area contributed by atoms with E-state index in [9.17, 15) is 8.42 Å². The molecule has 0 bridgehead atoms. The summed E-state index contributed by atoms with van der Waals surface area (Å²) in [6, 6.07) is 6.91. The highest BCUT2D eigenvalue weighted by atomic mass is 127. The van der Waals surface area contributed by atoms with Crippen molar-refractivity contribution in [1.82, 2.24) is 14.5 Å². The molecule has 156 valence electrons. The lowest BCUT2D eigenvalue weighted by Gasteiger charge is -2.22. The van der Waals surface area contributed by atoms with Crippen LogP contribution in [0.25, 0.3) is 0 Å². The Hall–Kier alpha value is -0.870. The highest BCUT2D eigenvalue weighted by Crippen LogP contribution is 2.17. The predicted octanol–water partition coefficient (Wildman–Crippen LogP) is 3.53. The summed E-state index contributed by atoms with van der Waals surface area (Å²) in [5, 5.41) is 3.30. The van der Waals surface area contributed by atoms with Crippen LogP contribution in [0, 0.1) is 0 Å². The Morgan fingerprint density at radius 1 is 1.15 bits per heavy atom. The van der Waals surface area contributed by atoms with E-state index in [1.165, 1.54) is 4.31 Å². The molecule has 0 saturated carbocycles. The van der Waals surface area contributed by atoms with Crippen LogP contribution < -0.4 is 5.32 Å². The Balaban J connectivity index is 0.00000676. The van der Waals surface area contributed by atoms with Gasteiger partial charge >= 0.3 is 0 Å². The topological polar surface area (TPSA) is 65.0 Å². The maximum atomic E-state index is 12.5. The fraction of sp³-hybridized carbons (Fsp3) is 0.632. The molecule has 0 atom stereocenters. The van der Waals surface area contributed by atoms with Gasteiger partial charge in [0, 0.05) is 33.2 Å². The molecule has 0 aromatic heterocycles. The minimum absolute atomic E-state index is 0. The van der Waals surface area contributed by atoms with Crippen molar-refractivity contribution >= 4 is 40.0 Å². The van der Waals surface area contributed by atoms with E-state index in [1.54, 1.807) is 19.2 Å². The minimum Gasteiger partial charge on any atom is -0.357 e. The van der Waals surface area contributed by atoms with E-state index in [-0.39, 0.29) is 30.0 Å². The van der Waals surface area contributed by atoms with Gasteiger partial charge in [0.25, 0.3) is 0 Å². The van der Waals surface area contributed by atoms with E-state index >= 15 is 0 Å². The summed E-state index contributed by atoms with van der Waals surface area (Å²) < 4.78 is 26.4. The molecule has 0 fully saturated rings. The van der Waals surface area contributed by atoms with Crippen molar-refractivity contribution in [3.05, 3.63) is 29.8 Å². The Morgan fingerprint density at radius 2 is 1.74 bits per heavy atom. The second kappa shape index (κ2) is 12.6. The number of rotatable bonds is 9. The Kier molecular flexibility index (Phi) is 12.2. The summed E-state index contributed by atoms with van der Waals surface area (Å²) in [7, 11) is 0.199. The summed E-state index contributed by atoms with van der Waals surface area (Å²) in [4.78, 5) is 7.11. The number of nitrogens with zero attached hydrogens (tertiary/aromatic N) is 3. The van der Waals surface area contributed by atoms with Gasteiger partial charge in [-0.2, -0.15) is 4.31 Å². The van der Waals surface area contributed by atoms with Gasteiger partial charge in [-0.1, -0.05) is 25.5 Å². The van der Waals surface area contributed by atoms with Crippen LogP contribution in [0.5, 0.6) is 0 Å². The van der Waals surface area contributed by atoms with Crippen LogP contribution >= 0.6 is 24.0 Å². The fourth-order valence-corrected chi connectivity index (χ4v) is 3.72. The van der Waals surface area contributed by atoms with Gasteiger partial charge in [-0.05, 0) is 44.9 Å². The van der Waals surface area contributed by atoms with Crippen molar-refractivity contribution in [2.45, 2.75) is 58.0 Å². The molecule has 27 heavy (non-hydrogen) atoms. The second-order valence-electron chi connectivity index (χ2n) is 6.70. The van der Waals surface area contributed by atoms with E-state index in [2.05, 4.69) is 22.1 Å². The monoisotopic (exact) mass is 510 g/mol. The molecule has 0 aliphatic rings. The van der Waals surface area contributed by atoms with Crippen molar-refractivity contribution in [3.63, 3.8) is 0 Å². The molecule has 0 heterocycles. The fourth-order valence-electron chi connectivity index (χ4n) is 2.35. The van der Waals surface area contributed by atoms with Gasteiger partial charge in [-0.3, -0.25) is 0 Å². The smallest absolute Gasteiger partial charge is 0.243 e. The minimum atomic E-state index is -3.44. The molecule has 0 amide bonds. The number of benzene rings is 1. The van der Waals surface area contributed by atoms with E-state index < -0.39 is 10.0 Å². The summed E-state index contributed by atoms with van der Waals surface area (Å²) >= 11 is 0. The quantitative estimate of drug-likeness (QED) is 0.314. The van der Waals surface area contributed by atoms with Crippen LogP contribution in [0.3, 0.4) is 0 Å². The second-order valence-corrected chi connectivity index (χ2v) is 8.70. The first-order chi connectivity index (χ1) is 12.2. The molecule has 0 unspecified atom stereocenters. The third-order valence-electron chi connectivity index (χ3n) is 4.28. The molecule has 1 aromatic carbocycles. The van der Waals surface area contributed by atoms with Crippen LogP contribution in [0.15, 0.2) is 34.2 Å². The highest BCUT2D eigenvalue weighted by molar-refractivity contribution is 14.0. The molecule has 1 aromatic rings. The van der Waals surface area contributed by atoms with Crippen molar-refractivity contribution in [2.24, 2.45) is 4.99 Å². The lowest BCUT2D eigenvalue weighted by molar-refractivity contribution is 0.410. The number of nitrogens with one attached hydrogen (secondary N) is 1. The lowest BCUT2D eigenvalue weighted by atomic mass is 10.2. The average Bonchev–Trinajstić information content (AvgIpc) is 2.62. The van der Waals surface area contributed by atoms with E-state index in [1.807, 2.05) is 40.0 Å². The van der Waals surface area contributed by atoms with Gasteiger partial charge in [0.15, 0.2) is 5.96 Å². The van der Waals surface area contributed by atoms with Gasteiger partial charge < -0.3 is 10.2 Å². The van der Waals surface area contributed by atoms with Crippen LogP contribution in [0.4, 0.5) is 0 Å². The van der Waals surface area contributed by atoms with Gasteiger partial charge in [0.2, 0.25) is 10.0 Å². The zero-order valence-corrected chi connectivity index (χ0v) is 20.5. The Labute approximate surface area is 182 Å². The standard InChI is InChI=1S/C19H34N4O2S.HI/c1-7-9-14-22(5)19(20-8-2)21-15-17-10-12-18(13-11-17)26(24,25)23(6)16(3)4;/h10-13,16H,7-9,14-15H2,1-6H3,(H,20,21);1H. The zero-order valence-electron chi connectivity index (χ0n) is 17.4. The van der Waals surface area contributed by atoms with Crippen molar-refractivity contribution in [3.8, 4) is 0 Å². The molecular formula is C19H35IN4O2S. The zero-order chi connectivity index (χ0) is 19.7. The molecule has 0 spiro atoms. The number of unbranched alkanes of at least 4 members (excludes halogenated alkanes) is 1. The van der Waals surface area contributed by atoms with Crippen molar-refractivity contribution in [1.29, 1.82) is 0 Å². The predicted molar refractivity (Wildman–Crippen MR) is 124 cm³/mol. The van der Waals surface area contributed by atoms with Gasteiger partial charge in [0.05, 0.1) is 11.4 Å². The maximum Gasteiger partial charge on any atom is 0.243 e. The first-order valence-corrected chi connectivity index (χ1v) is 10.7. The normalized spacial score (nSPS) is 12.2. The molecule has 1 rings (SSSR count). The molecule has 6 nitrogen and oxygen atoms in total. The van der Waals surface area contributed by atoms with E-state index in [0.717, 1.165) is 37.5 Å². The molecule has 1 N–H and O–H groups in total. The SMILES string of the molecule is CCCCN(C)C(=NCc1ccc(S(=O)(=O)N(C)C(C)C)cc1)NCC.I. The van der Waals surface area contributed by atoms with Crippen LogP contribution in [-0.4, -0.2) is 56.8 Å². The number of aliphatic imine (C=N–C) groups is 1. The van der Waals surface area contributed by atoms with Crippen LogP contribution in [0.2, 0.25) is 0 Å². The van der Waals surface area contributed by atoms with E-state index in [0.29, 0.717) is 11.4 Å². The highest BCUT2D eigenvalue weighted by Gasteiger charge is 2.22. The molecular weight excluding hydrogens is 475 g/mol. The Morgan fingerprint density at radius 3 is 2.22 bits per heavy atom. The summed E-state index contributed by atoms with van der Waals surface area (Å²) in [6.07, 6.45) is 2.27.